The van der Waals surface area contributed by atoms with Crippen LogP contribution in [0.2, 0.25) is 0 Å². The number of nitrogens with zero attached hydrogens (tertiary/aromatic N) is 1. The standard InChI is InChI=1S/C16H28N2OS/c1-13(2)5-6-17-15-10-14(16-4-3-9-20-16)11-18(12-15)7-8-19/h3-4,9,13-15,17,19H,5-8,10-12H2,1-2H3. The van der Waals surface area contributed by atoms with Crippen LogP contribution in [0.5, 0.6) is 0 Å². The number of hydrogen-bond acceptors (Lipinski definition) is 4. The van der Waals surface area contributed by atoms with Gasteiger partial charge in [-0.2, -0.15) is 0 Å². The van der Waals surface area contributed by atoms with Crippen molar-refractivity contribution in [2.24, 2.45) is 5.92 Å². The third-order valence-electron chi connectivity index (χ3n) is 4.04. The highest BCUT2D eigenvalue weighted by Gasteiger charge is 2.28. The maximum atomic E-state index is 9.21. The predicted molar refractivity (Wildman–Crippen MR) is 86.4 cm³/mol. The molecule has 0 saturated carbocycles. The summed E-state index contributed by atoms with van der Waals surface area (Å²) in [6.45, 7) is 8.86. The Kier molecular flexibility index (Phi) is 6.49. The number of rotatable bonds is 7. The Balaban J connectivity index is 1.90. The Bertz CT molecular complexity index is 367. The number of nitrogens with one attached hydrogen (secondary N) is 1. The lowest BCUT2D eigenvalue weighted by Crippen LogP contribution is -2.49. The minimum absolute atomic E-state index is 0.260. The Morgan fingerprint density at radius 2 is 2.30 bits per heavy atom. The number of hydrogen-bond donors (Lipinski definition) is 2. The summed E-state index contributed by atoms with van der Waals surface area (Å²) >= 11 is 1.86. The minimum Gasteiger partial charge on any atom is -0.395 e. The second-order valence-electron chi connectivity index (χ2n) is 6.26. The van der Waals surface area contributed by atoms with Crippen molar-refractivity contribution < 1.29 is 5.11 Å². The van der Waals surface area contributed by atoms with Gasteiger partial charge in [0.25, 0.3) is 0 Å². The highest BCUT2D eigenvalue weighted by Crippen LogP contribution is 2.30. The number of β-amino-alcohol motifs (C(OH)–C–C–N with tert-alkyl or cyclic N) is 1. The van der Waals surface area contributed by atoms with E-state index < -0.39 is 0 Å². The summed E-state index contributed by atoms with van der Waals surface area (Å²) in [5, 5.41) is 15.1. The summed E-state index contributed by atoms with van der Waals surface area (Å²) in [5.74, 6) is 1.37. The lowest BCUT2D eigenvalue weighted by Gasteiger charge is -2.37. The van der Waals surface area contributed by atoms with Crippen LogP contribution in [0.15, 0.2) is 17.5 Å². The number of likely N-dealkylation sites (tertiary alicyclic amines) is 1. The molecule has 114 valence electrons. The quantitative estimate of drug-likeness (QED) is 0.811. The van der Waals surface area contributed by atoms with Gasteiger partial charge in [-0.25, -0.2) is 0 Å². The second-order valence-corrected chi connectivity index (χ2v) is 7.24. The van der Waals surface area contributed by atoms with Crippen molar-refractivity contribution in [1.82, 2.24) is 10.2 Å². The Morgan fingerprint density at radius 1 is 1.45 bits per heavy atom. The van der Waals surface area contributed by atoms with Gasteiger partial charge in [0.05, 0.1) is 6.61 Å². The molecule has 1 aromatic rings. The van der Waals surface area contributed by atoms with Gasteiger partial charge in [0, 0.05) is 36.5 Å². The maximum absolute atomic E-state index is 9.21. The zero-order chi connectivity index (χ0) is 14.4. The van der Waals surface area contributed by atoms with Crippen molar-refractivity contribution in [1.29, 1.82) is 0 Å². The third-order valence-corrected chi connectivity index (χ3v) is 5.08. The van der Waals surface area contributed by atoms with Crippen LogP contribution in [0, 0.1) is 5.92 Å². The van der Waals surface area contributed by atoms with E-state index in [1.807, 2.05) is 11.3 Å². The molecule has 2 N–H and O–H groups in total. The molecule has 1 saturated heterocycles. The summed E-state index contributed by atoms with van der Waals surface area (Å²) in [5.41, 5.74) is 0. The van der Waals surface area contributed by atoms with Gasteiger partial charge < -0.3 is 10.4 Å². The summed E-state index contributed by atoms with van der Waals surface area (Å²) in [6.07, 6.45) is 2.46. The molecule has 3 nitrogen and oxygen atoms in total. The number of piperidine rings is 1. The molecular formula is C16H28N2OS. The second kappa shape index (κ2) is 8.13. The molecule has 1 aliphatic heterocycles. The summed E-state index contributed by atoms with van der Waals surface area (Å²) in [4.78, 5) is 3.89. The van der Waals surface area contributed by atoms with Crippen molar-refractivity contribution in [3.8, 4) is 0 Å². The molecule has 0 radical (unpaired) electrons. The van der Waals surface area contributed by atoms with Gasteiger partial charge >= 0.3 is 0 Å². The molecule has 1 fully saturated rings. The monoisotopic (exact) mass is 296 g/mol. The van der Waals surface area contributed by atoms with Crippen molar-refractivity contribution in [2.75, 3.05) is 32.8 Å². The van der Waals surface area contributed by atoms with Gasteiger partial charge in [-0.1, -0.05) is 19.9 Å². The summed E-state index contributed by atoms with van der Waals surface area (Å²) in [6, 6.07) is 4.95. The first-order valence-corrected chi connectivity index (χ1v) is 8.67. The van der Waals surface area contributed by atoms with E-state index in [1.54, 1.807) is 0 Å². The van der Waals surface area contributed by atoms with E-state index in [0.717, 1.165) is 32.1 Å². The topological polar surface area (TPSA) is 35.5 Å². The van der Waals surface area contributed by atoms with E-state index >= 15 is 0 Å². The molecule has 0 aliphatic carbocycles. The molecule has 2 atom stereocenters. The van der Waals surface area contributed by atoms with E-state index in [0.29, 0.717) is 12.0 Å². The third kappa shape index (κ3) is 4.85. The zero-order valence-corrected chi connectivity index (χ0v) is 13.5. The van der Waals surface area contributed by atoms with Crippen LogP contribution in [0.3, 0.4) is 0 Å². The molecule has 20 heavy (non-hydrogen) atoms. The van der Waals surface area contributed by atoms with E-state index in [1.165, 1.54) is 17.7 Å². The normalized spacial score (nSPS) is 24.4. The highest BCUT2D eigenvalue weighted by molar-refractivity contribution is 7.10. The lowest BCUT2D eigenvalue weighted by atomic mass is 9.92. The van der Waals surface area contributed by atoms with Gasteiger partial charge in [0.1, 0.15) is 0 Å². The van der Waals surface area contributed by atoms with Crippen molar-refractivity contribution in [3.63, 3.8) is 0 Å². The highest BCUT2D eigenvalue weighted by atomic mass is 32.1. The Labute approximate surface area is 127 Å². The van der Waals surface area contributed by atoms with Crippen LogP contribution < -0.4 is 5.32 Å². The van der Waals surface area contributed by atoms with Gasteiger partial charge in [-0.3, -0.25) is 4.90 Å². The molecule has 4 heteroatoms. The Morgan fingerprint density at radius 3 is 2.95 bits per heavy atom. The van der Waals surface area contributed by atoms with E-state index in [-0.39, 0.29) is 6.61 Å². The molecule has 1 aromatic heterocycles. The van der Waals surface area contributed by atoms with Crippen LogP contribution in [0.25, 0.3) is 0 Å². The van der Waals surface area contributed by atoms with Crippen LogP contribution in [-0.4, -0.2) is 48.8 Å². The molecule has 2 unspecified atom stereocenters. The lowest BCUT2D eigenvalue weighted by molar-refractivity contribution is 0.139. The first kappa shape index (κ1) is 16.0. The summed E-state index contributed by atoms with van der Waals surface area (Å²) < 4.78 is 0. The minimum atomic E-state index is 0.260. The molecule has 0 amide bonds. The van der Waals surface area contributed by atoms with Crippen LogP contribution in [0.4, 0.5) is 0 Å². The molecule has 0 aromatic carbocycles. The van der Waals surface area contributed by atoms with Crippen molar-refractivity contribution in [3.05, 3.63) is 22.4 Å². The first-order valence-electron chi connectivity index (χ1n) is 7.79. The first-order chi connectivity index (χ1) is 9.69. The van der Waals surface area contributed by atoms with Gasteiger partial charge in [0.2, 0.25) is 0 Å². The largest absolute Gasteiger partial charge is 0.395 e. The van der Waals surface area contributed by atoms with E-state index in [2.05, 4.69) is 41.6 Å². The average molecular weight is 296 g/mol. The number of thiophene rings is 1. The summed E-state index contributed by atoms with van der Waals surface area (Å²) in [7, 11) is 0. The van der Waals surface area contributed by atoms with Crippen molar-refractivity contribution >= 4 is 11.3 Å². The van der Waals surface area contributed by atoms with Crippen molar-refractivity contribution in [2.45, 2.75) is 38.6 Å². The van der Waals surface area contributed by atoms with Crippen LogP contribution in [0.1, 0.15) is 37.5 Å². The van der Waals surface area contributed by atoms with Gasteiger partial charge in [0.15, 0.2) is 0 Å². The number of aliphatic hydroxyl groups excluding tert-OH is 1. The average Bonchev–Trinajstić information content (AvgIpc) is 2.92. The van der Waals surface area contributed by atoms with Crippen LogP contribution >= 0.6 is 11.3 Å². The Hall–Kier alpha value is -0.420. The SMILES string of the molecule is CC(C)CCNC1CC(c2cccs2)CN(CCO)C1. The maximum Gasteiger partial charge on any atom is 0.0558 e. The molecule has 0 spiro atoms. The molecule has 0 bridgehead atoms. The molecule has 1 aliphatic rings. The van der Waals surface area contributed by atoms with E-state index in [4.69, 9.17) is 0 Å². The van der Waals surface area contributed by atoms with Gasteiger partial charge in [-0.15, -0.1) is 11.3 Å². The molecule has 2 rings (SSSR count). The zero-order valence-electron chi connectivity index (χ0n) is 12.7. The fourth-order valence-electron chi connectivity index (χ4n) is 2.97. The fourth-order valence-corrected chi connectivity index (χ4v) is 3.80. The smallest absolute Gasteiger partial charge is 0.0558 e. The number of aliphatic hydroxyl groups is 1. The molecule has 2 heterocycles. The fraction of sp³-hybridized carbons (Fsp3) is 0.750. The van der Waals surface area contributed by atoms with E-state index in [9.17, 15) is 5.11 Å². The predicted octanol–water partition coefficient (Wildman–Crippen LogP) is 2.53. The molecular weight excluding hydrogens is 268 g/mol. The van der Waals surface area contributed by atoms with Crippen LogP contribution in [-0.2, 0) is 0 Å². The van der Waals surface area contributed by atoms with Gasteiger partial charge in [-0.05, 0) is 36.8 Å².